The Morgan fingerprint density at radius 2 is 1.79 bits per heavy atom. The van der Waals surface area contributed by atoms with Crippen LogP contribution in [-0.2, 0) is 4.79 Å². The van der Waals surface area contributed by atoms with Crippen LogP contribution in [0, 0.1) is 0 Å². The van der Waals surface area contributed by atoms with Gasteiger partial charge in [0.25, 0.3) is 5.91 Å². The summed E-state index contributed by atoms with van der Waals surface area (Å²) in [6.45, 7) is 4.52. The van der Waals surface area contributed by atoms with E-state index in [-0.39, 0.29) is 11.8 Å². The molecular formula is C23H28ClN3O2. The molecule has 1 aliphatic rings. The van der Waals surface area contributed by atoms with Crippen LogP contribution >= 0.6 is 11.6 Å². The molecule has 3 rings (SSSR count). The molecule has 1 aliphatic heterocycles. The van der Waals surface area contributed by atoms with E-state index in [1.165, 1.54) is 6.42 Å². The van der Waals surface area contributed by atoms with E-state index < -0.39 is 5.38 Å². The number of hydrogen-bond donors (Lipinski definition) is 2. The van der Waals surface area contributed by atoms with Gasteiger partial charge >= 0.3 is 0 Å². The van der Waals surface area contributed by atoms with Gasteiger partial charge in [-0.1, -0.05) is 37.3 Å². The number of benzene rings is 2. The van der Waals surface area contributed by atoms with Gasteiger partial charge in [0.05, 0.1) is 5.56 Å². The van der Waals surface area contributed by atoms with Crippen molar-refractivity contribution in [2.45, 2.75) is 38.0 Å². The number of amides is 2. The minimum atomic E-state index is -0.796. The van der Waals surface area contributed by atoms with Crippen LogP contribution in [0.5, 0.6) is 0 Å². The van der Waals surface area contributed by atoms with E-state index >= 15 is 0 Å². The summed E-state index contributed by atoms with van der Waals surface area (Å²) in [5, 5.41) is 5.01. The average Bonchev–Trinajstić information content (AvgIpc) is 2.78. The summed E-state index contributed by atoms with van der Waals surface area (Å²) in [6, 6.07) is 14.7. The fourth-order valence-electron chi connectivity index (χ4n) is 3.52. The second-order valence-electron chi connectivity index (χ2n) is 7.30. The molecule has 0 spiro atoms. The van der Waals surface area contributed by atoms with Gasteiger partial charge in [0.15, 0.2) is 0 Å². The maximum atomic E-state index is 12.8. The van der Waals surface area contributed by atoms with Crippen molar-refractivity contribution in [3.63, 3.8) is 0 Å². The van der Waals surface area contributed by atoms with Gasteiger partial charge in [-0.25, -0.2) is 0 Å². The smallest absolute Gasteiger partial charge is 0.253 e. The number of alkyl halides is 1. The first kappa shape index (κ1) is 21.2. The van der Waals surface area contributed by atoms with E-state index in [0.717, 1.165) is 43.6 Å². The topological polar surface area (TPSA) is 61.4 Å². The van der Waals surface area contributed by atoms with E-state index in [9.17, 15) is 9.59 Å². The third kappa shape index (κ3) is 5.51. The van der Waals surface area contributed by atoms with Crippen LogP contribution in [0.1, 0.15) is 53.9 Å². The standard InChI is InChI=1S/C23H28ClN3O2/c1-2-13-25-22(28)19-16-18(11-12-20(19)27-14-7-4-8-15-27)26-23(29)21(24)17-9-5-3-6-10-17/h3,5-6,9-12,16,21H,2,4,7-8,13-15H2,1H3,(H,25,28)(H,26,29). The van der Waals surface area contributed by atoms with Crippen molar-refractivity contribution in [3.8, 4) is 0 Å². The van der Waals surface area contributed by atoms with E-state index in [2.05, 4.69) is 15.5 Å². The third-order valence-corrected chi connectivity index (χ3v) is 5.51. The van der Waals surface area contributed by atoms with Crippen molar-refractivity contribution >= 4 is 34.8 Å². The van der Waals surface area contributed by atoms with Crippen molar-refractivity contribution < 1.29 is 9.59 Å². The Bertz CT molecular complexity index is 835. The number of nitrogens with zero attached hydrogens (tertiary/aromatic N) is 1. The first-order chi connectivity index (χ1) is 14.1. The van der Waals surface area contributed by atoms with Crippen LogP contribution in [-0.4, -0.2) is 31.4 Å². The van der Waals surface area contributed by atoms with Crippen LogP contribution in [0.2, 0.25) is 0 Å². The Labute approximate surface area is 177 Å². The monoisotopic (exact) mass is 413 g/mol. The number of carbonyl (C=O) groups is 2. The fraction of sp³-hybridized carbons (Fsp3) is 0.391. The number of nitrogens with one attached hydrogen (secondary N) is 2. The Morgan fingerprint density at radius 3 is 2.48 bits per heavy atom. The van der Waals surface area contributed by atoms with Crippen molar-refractivity contribution in [2.75, 3.05) is 29.9 Å². The first-order valence-corrected chi connectivity index (χ1v) is 10.7. The Hall–Kier alpha value is -2.53. The number of anilines is 2. The predicted molar refractivity (Wildman–Crippen MR) is 119 cm³/mol. The lowest BCUT2D eigenvalue weighted by molar-refractivity contribution is -0.116. The van der Waals surface area contributed by atoms with Crippen LogP contribution in [0.25, 0.3) is 0 Å². The molecule has 6 heteroatoms. The molecule has 154 valence electrons. The van der Waals surface area contributed by atoms with E-state index in [4.69, 9.17) is 11.6 Å². The lowest BCUT2D eigenvalue weighted by Crippen LogP contribution is -2.33. The number of rotatable bonds is 7. The molecule has 5 nitrogen and oxygen atoms in total. The molecule has 2 aromatic rings. The van der Waals surface area contributed by atoms with Gasteiger partial charge in [0, 0.05) is 31.0 Å². The molecule has 29 heavy (non-hydrogen) atoms. The maximum Gasteiger partial charge on any atom is 0.253 e. The van der Waals surface area contributed by atoms with Crippen LogP contribution < -0.4 is 15.5 Å². The van der Waals surface area contributed by atoms with Crippen LogP contribution in [0.3, 0.4) is 0 Å². The Morgan fingerprint density at radius 1 is 1.07 bits per heavy atom. The van der Waals surface area contributed by atoms with Gasteiger partial charge in [0.1, 0.15) is 5.38 Å². The predicted octanol–water partition coefficient (Wildman–Crippen LogP) is 4.74. The summed E-state index contributed by atoms with van der Waals surface area (Å²) in [7, 11) is 0. The minimum absolute atomic E-state index is 0.117. The molecule has 1 atom stereocenters. The van der Waals surface area contributed by atoms with Crippen molar-refractivity contribution in [1.29, 1.82) is 0 Å². The number of hydrogen-bond acceptors (Lipinski definition) is 3. The van der Waals surface area contributed by atoms with Gasteiger partial charge in [0.2, 0.25) is 5.91 Å². The van der Waals surface area contributed by atoms with Crippen molar-refractivity contribution in [3.05, 3.63) is 59.7 Å². The zero-order chi connectivity index (χ0) is 20.6. The summed E-state index contributed by atoms with van der Waals surface area (Å²) >= 11 is 6.33. The van der Waals surface area contributed by atoms with Crippen molar-refractivity contribution in [1.82, 2.24) is 5.32 Å². The Balaban J connectivity index is 1.81. The zero-order valence-electron chi connectivity index (χ0n) is 16.8. The highest BCUT2D eigenvalue weighted by Crippen LogP contribution is 2.28. The SMILES string of the molecule is CCCNC(=O)c1cc(NC(=O)C(Cl)c2ccccc2)ccc1N1CCCCC1. The third-order valence-electron chi connectivity index (χ3n) is 5.06. The van der Waals surface area contributed by atoms with E-state index in [1.54, 1.807) is 6.07 Å². The first-order valence-electron chi connectivity index (χ1n) is 10.3. The van der Waals surface area contributed by atoms with Gasteiger partial charge in [-0.3, -0.25) is 9.59 Å². The average molecular weight is 414 g/mol. The molecule has 0 bridgehead atoms. The lowest BCUT2D eigenvalue weighted by atomic mass is 10.1. The van der Waals surface area contributed by atoms with Crippen LogP contribution in [0.4, 0.5) is 11.4 Å². The summed E-state index contributed by atoms with van der Waals surface area (Å²) in [5.74, 6) is -0.433. The Kier molecular flexibility index (Phi) is 7.53. The summed E-state index contributed by atoms with van der Waals surface area (Å²) in [5.41, 5.74) is 2.81. The molecule has 2 amide bonds. The highest BCUT2D eigenvalue weighted by atomic mass is 35.5. The molecule has 0 radical (unpaired) electrons. The zero-order valence-corrected chi connectivity index (χ0v) is 17.5. The van der Waals surface area contributed by atoms with Crippen LogP contribution in [0.15, 0.2) is 48.5 Å². The number of piperidine rings is 1. The molecule has 0 saturated carbocycles. The van der Waals surface area contributed by atoms with E-state index in [1.807, 2.05) is 49.4 Å². The minimum Gasteiger partial charge on any atom is -0.371 e. The molecule has 1 saturated heterocycles. The highest BCUT2D eigenvalue weighted by molar-refractivity contribution is 6.32. The highest BCUT2D eigenvalue weighted by Gasteiger charge is 2.21. The molecule has 2 aromatic carbocycles. The molecule has 1 heterocycles. The second-order valence-corrected chi connectivity index (χ2v) is 7.73. The fourth-order valence-corrected chi connectivity index (χ4v) is 3.72. The summed E-state index contributed by atoms with van der Waals surface area (Å²) in [6.07, 6.45) is 4.34. The normalized spacial score (nSPS) is 14.9. The number of halogens is 1. The van der Waals surface area contributed by atoms with Gasteiger partial charge in [-0.2, -0.15) is 0 Å². The quantitative estimate of drug-likeness (QED) is 0.645. The number of carbonyl (C=O) groups excluding carboxylic acids is 2. The largest absolute Gasteiger partial charge is 0.371 e. The molecule has 0 aliphatic carbocycles. The summed E-state index contributed by atoms with van der Waals surface area (Å²) < 4.78 is 0. The van der Waals surface area contributed by atoms with E-state index in [0.29, 0.717) is 17.8 Å². The molecule has 0 aromatic heterocycles. The molecular weight excluding hydrogens is 386 g/mol. The molecule has 2 N–H and O–H groups in total. The lowest BCUT2D eigenvalue weighted by Gasteiger charge is -2.30. The second kappa shape index (κ2) is 10.3. The molecule has 1 unspecified atom stereocenters. The summed E-state index contributed by atoms with van der Waals surface area (Å²) in [4.78, 5) is 27.6. The maximum absolute atomic E-state index is 12.8. The van der Waals surface area contributed by atoms with Gasteiger partial charge in [-0.05, 0) is 49.4 Å². The van der Waals surface area contributed by atoms with Crippen molar-refractivity contribution in [2.24, 2.45) is 0 Å². The molecule has 1 fully saturated rings. The van der Waals surface area contributed by atoms with Gasteiger partial charge in [-0.15, -0.1) is 11.6 Å². The van der Waals surface area contributed by atoms with Gasteiger partial charge < -0.3 is 15.5 Å².